The van der Waals surface area contributed by atoms with Gasteiger partial charge in [0.25, 0.3) is 5.91 Å². The predicted molar refractivity (Wildman–Crippen MR) is 73.3 cm³/mol. The lowest BCUT2D eigenvalue weighted by Gasteiger charge is -2.21. The highest BCUT2D eigenvalue weighted by molar-refractivity contribution is 7.14. The Hall–Kier alpha value is -1.21. The molecule has 20 heavy (non-hydrogen) atoms. The highest BCUT2D eigenvalue weighted by atomic mass is 32.1. The lowest BCUT2D eigenvalue weighted by molar-refractivity contribution is -0.0499. The topological polar surface area (TPSA) is 55.6 Å². The summed E-state index contributed by atoms with van der Waals surface area (Å²) in [6.45, 7) is 1.88. The molecular formula is C13H18F2N2O2S. The van der Waals surface area contributed by atoms with Gasteiger partial charge in [0.2, 0.25) is 0 Å². The minimum Gasteiger partial charge on any atom is -0.433 e. The number of ether oxygens (including phenoxy) is 1. The van der Waals surface area contributed by atoms with Gasteiger partial charge in [0, 0.05) is 17.5 Å². The summed E-state index contributed by atoms with van der Waals surface area (Å²) < 4.78 is 29.2. The maximum Gasteiger partial charge on any atom is 0.387 e. The average Bonchev–Trinajstić information content (AvgIpc) is 2.91. The van der Waals surface area contributed by atoms with E-state index in [1.807, 2.05) is 6.92 Å². The molecule has 4 nitrogen and oxygen atoms in total. The summed E-state index contributed by atoms with van der Waals surface area (Å²) in [7, 11) is 0. The number of likely N-dealkylation sites (tertiary alicyclic amines) is 1. The molecule has 2 rings (SSSR count). The van der Waals surface area contributed by atoms with Crippen LogP contribution in [0.2, 0.25) is 0 Å². The molecule has 1 fully saturated rings. The van der Waals surface area contributed by atoms with Crippen LogP contribution in [0.4, 0.5) is 8.78 Å². The molecule has 7 heteroatoms. The van der Waals surface area contributed by atoms with Crippen molar-refractivity contribution in [3.63, 3.8) is 0 Å². The lowest BCUT2D eigenvalue weighted by Crippen LogP contribution is -2.34. The van der Waals surface area contributed by atoms with Gasteiger partial charge in [-0.15, -0.1) is 11.3 Å². The highest BCUT2D eigenvalue weighted by Gasteiger charge is 2.34. The number of rotatable bonds is 4. The number of hydrogen-bond donors (Lipinski definition) is 1. The molecule has 112 valence electrons. The Kier molecular flexibility index (Phi) is 4.59. The normalized spacial score (nSPS) is 22.6. The van der Waals surface area contributed by atoms with Gasteiger partial charge in [0.15, 0.2) is 0 Å². The van der Waals surface area contributed by atoms with Crippen LogP contribution < -0.4 is 10.5 Å². The van der Waals surface area contributed by atoms with Crippen LogP contribution in [-0.2, 0) is 0 Å². The fraction of sp³-hybridized carbons (Fsp3) is 0.615. The van der Waals surface area contributed by atoms with E-state index in [0.717, 1.165) is 11.3 Å². The van der Waals surface area contributed by atoms with Gasteiger partial charge in [-0.3, -0.25) is 4.79 Å². The van der Waals surface area contributed by atoms with E-state index in [-0.39, 0.29) is 28.5 Å². The molecule has 0 saturated carbocycles. The highest BCUT2D eigenvalue weighted by Crippen LogP contribution is 2.34. The minimum absolute atomic E-state index is 0.0316. The number of aryl methyl sites for hydroxylation is 1. The number of thiophene rings is 1. The van der Waals surface area contributed by atoms with Crippen LogP contribution >= 0.6 is 11.3 Å². The van der Waals surface area contributed by atoms with Crippen LogP contribution in [0.25, 0.3) is 0 Å². The number of carbonyl (C=O) groups is 1. The first-order valence-electron chi connectivity index (χ1n) is 6.48. The molecular weight excluding hydrogens is 286 g/mol. The number of halogens is 2. The van der Waals surface area contributed by atoms with E-state index in [1.54, 1.807) is 11.8 Å². The molecule has 0 aromatic carbocycles. The largest absolute Gasteiger partial charge is 0.433 e. The Morgan fingerprint density at radius 2 is 2.35 bits per heavy atom. The van der Waals surface area contributed by atoms with Crippen LogP contribution in [0.5, 0.6) is 5.75 Å². The monoisotopic (exact) mass is 304 g/mol. The summed E-state index contributed by atoms with van der Waals surface area (Å²) in [5, 5.41) is 0. The first kappa shape index (κ1) is 15.2. The fourth-order valence-electron chi connectivity index (χ4n) is 2.55. The number of hydrogen-bond acceptors (Lipinski definition) is 4. The number of carbonyl (C=O) groups excluding carboxylic acids is 1. The van der Waals surface area contributed by atoms with Crippen molar-refractivity contribution in [3.05, 3.63) is 15.8 Å². The molecule has 1 aromatic heterocycles. The van der Waals surface area contributed by atoms with E-state index < -0.39 is 6.61 Å². The number of amides is 1. The van der Waals surface area contributed by atoms with Gasteiger partial charge in [-0.1, -0.05) is 0 Å². The van der Waals surface area contributed by atoms with Crippen molar-refractivity contribution in [1.82, 2.24) is 4.90 Å². The zero-order valence-electron chi connectivity index (χ0n) is 11.4. The van der Waals surface area contributed by atoms with Gasteiger partial charge in [-0.2, -0.15) is 8.78 Å². The number of nitrogens with zero attached hydrogens (tertiary/aromatic N) is 1. The van der Waals surface area contributed by atoms with Gasteiger partial charge in [0.05, 0.1) is 0 Å². The molecule has 1 amide bonds. The van der Waals surface area contributed by atoms with Crippen LogP contribution in [0.3, 0.4) is 0 Å². The Morgan fingerprint density at radius 1 is 1.65 bits per heavy atom. The summed E-state index contributed by atoms with van der Waals surface area (Å²) in [5.41, 5.74) is 5.64. The minimum atomic E-state index is -2.93. The third kappa shape index (κ3) is 3.09. The maximum atomic E-state index is 12.5. The Bertz CT molecular complexity index is 493. The van der Waals surface area contributed by atoms with Crippen molar-refractivity contribution < 1.29 is 18.3 Å². The Morgan fingerprint density at radius 3 is 2.90 bits per heavy atom. The second-order valence-electron chi connectivity index (χ2n) is 5.07. The molecule has 1 saturated heterocycles. The van der Waals surface area contributed by atoms with E-state index in [1.165, 1.54) is 17.4 Å². The molecule has 1 aromatic rings. The zero-order valence-corrected chi connectivity index (χ0v) is 12.3. The summed E-state index contributed by atoms with van der Waals surface area (Å²) in [5.74, 6) is -0.00688. The second kappa shape index (κ2) is 6.05. The Balaban J connectivity index is 2.21. The molecule has 0 aliphatic carbocycles. The summed E-state index contributed by atoms with van der Waals surface area (Å²) in [4.78, 5) is 15.2. The van der Waals surface area contributed by atoms with E-state index in [2.05, 4.69) is 4.74 Å². The first-order valence-corrected chi connectivity index (χ1v) is 7.30. The van der Waals surface area contributed by atoms with Crippen LogP contribution in [0.1, 0.15) is 27.9 Å². The molecule has 0 radical (unpaired) electrons. The maximum absolute atomic E-state index is 12.5. The summed E-state index contributed by atoms with van der Waals surface area (Å²) in [6.07, 6.45) is 0.845. The molecule has 1 aliphatic rings. The number of nitrogens with two attached hydrogens (primary N) is 1. The zero-order chi connectivity index (χ0) is 14.9. The fourth-order valence-corrected chi connectivity index (χ4v) is 3.45. The summed E-state index contributed by atoms with van der Waals surface area (Å²) >= 11 is 1.18. The molecule has 2 atom stereocenters. The van der Waals surface area contributed by atoms with Crippen molar-refractivity contribution in [3.8, 4) is 5.75 Å². The van der Waals surface area contributed by atoms with Crippen molar-refractivity contribution in [2.45, 2.75) is 32.9 Å². The third-order valence-corrected chi connectivity index (χ3v) is 4.51. The molecule has 2 N–H and O–H groups in total. The van der Waals surface area contributed by atoms with Crippen molar-refractivity contribution in [2.24, 2.45) is 11.7 Å². The van der Waals surface area contributed by atoms with Crippen molar-refractivity contribution in [1.29, 1.82) is 0 Å². The van der Waals surface area contributed by atoms with Gasteiger partial charge >= 0.3 is 6.61 Å². The Labute approximate surface area is 120 Å². The quantitative estimate of drug-likeness (QED) is 0.929. The van der Waals surface area contributed by atoms with E-state index in [0.29, 0.717) is 13.1 Å². The van der Waals surface area contributed by atoms with E-state index in [9.17, 15) is 13.6 Å². The van der Waals surface area contributed by atoms with Crippen molar-refractivity contribution >= 4 is 17.2 Å². The standard InChI is InChI=1S/C13H18F2N2O2S/c1-7-3-9(5-16)6-17(7)12(18)11-10(19-13(14)15)4-8(2)20-11/h4,7,9,13H,3,5-6,16H2,1-2H3. The molecule has 0 bridgehead atoms. The van der Waals surface area contributed by atoms with Crippen LogP contribution in [0, 0.1) is 12.8 Å². The van der Waals surface area contributed by atoms with E-state index in [4.69, 9.17) is 5.73 Å². The molecule has 2 unspecified atom stereocenters. The third-order valence-electron chi connectivity index (χ3n) is 3.49. The van der Waals surface area contributed by atoms with Gasteiger partial charge < -0.3 is 15.4 Å². The molecule has 0 spiro atoms. The number of alkyl halides is 2. The predicted octanol–water partition coefficient (Wildman–Crippen LogP) is 2.47. The van der Waals surface area contributed by atoms with Crippen LogP contribution in [0.15, 0.2) is 6.07 Å². The molecule has 1 aliphatic heterocycles. The lowest BCUT2D eigenvalue weighted by atomic mass is 10.1. The first-order chi connectivity index (χ1) is 9.42. The summed E-state index contributed by atoms with van der Waals surface area (Å²) in [6, 6.07) is 1.54. The van der Waals surface area contributed by atoms with Crippen molar-refractivity contribution in [2.75, 3.05) is 13.1 Å². The van der Waals surface area contributed by atoms with Crippen LogP contribution in [-0.4, -0.2) is 36.5 Å². The average molecular weight is 304 g/mol. The van der Waals surface area contributed by atoms with Gasteiger partial charge in [0.1, 0.15) is 10.6 Å². The smallest absolute Gasteiger partial charge is 0.387 e. The van der Waals surface area contributed by atoms with Gasteiger partial charge in [-0.05, 0) is 38.8 Å². The SMILES string of the molecule is Cc1cc(OC(F)F)c(C(=O)N2CC(CN)CC2C)s1. The van der Waals surface area contributed by atoms with E-state index >= 15 is 0 Å². The molecule has 2 heterocycles. The van der Waals surface area contributed by atoms with Gasteiger partial charge in [-0.25, -0.2) is 0 Å². The second-order valence-corrected chi connectivity index (χ2v) is 6.33.